The molecule has 0 atom stereocenters. The van der Waals surface area contributed by atoms with Crippen LogP contribution < -0.4 is 5.32 Å². The fourth-order valence-electron chi connectivity index (χ4n) is 1.90. The molecule has 0 unspecified atom stereocenters. The van der Waals surface area contributed by atoms with E-state index < -0.39 is 0 Å². The highest BCUT2D eigenvalue weighted by atomic mass is 79.9. The van der Waals surface area contributed by atoms with Crippen molar-refractivity contribution in [2.75, 3.05) is 5.32 Å². The Bertz CT molecular complexity index is 321. The van der Waals surface area contributed by atoms with Gasteiger partial charge in [-0.2, -0.15) is 0 Å². The Morgan fingerprint density at radius 3 is 2.71 bits per heavy atom. The molecule has 1 N–H and O–H groups in total. The standard InChI is InChI=1S/C11H13BrClN/c12-10-6-5-8(13)7-11(10)14-9-3-1-2-4-9/h5-7,9,14H,1-4H2. The molecule has 0 heterocycles. The second kappa shape index (κ2) is 4.54. The van der Waals surface area contributed by atoms with Crippen molar-refractivity contribution in [1.82, 2.24) is 0 Å². The van der Waals surface area contributed by atoms with Gasteiger partial charge in [0.25, 0.3) is 0 Å². The topological polar surface area (TPSA) is 12.0 Å². The molecule has 0 saturated heterocycles. The zero-order valence-electron chi connectivity index (χ0n) is 7.89. The Labute approximate surface area is 98.0 Å². The third-order valence-corrected chi connectivity index (χ3v) is 3.57. The number of benzene rings is 1. The fourth-order valence-corrected chi connectivity index (χ4v) is 2.43. The summed E-state index contributed by atoms with van der Waals surface area (Å²) in [5, 5.41) is 4.30. The predicted octanol–water partition coefficient (Wildman–Crippen LogP) is 4.46. The van der Waals surface area contributed by atoms with Crippen molar-refractivity contribution in [3.63, 3.8) is 0 Å². The van der Waals surface area contributed by atoms with E-state index in [2.05, 4.69) is 21.2 Å². The molecule has 14 heavy (non-hydrogen) atoms. The van der Waals surface area contributed by atoms with Crippen LogP contribution >= 0.6 is 27.5 Å². The van der Waals surface area contributed by atoms with E-state index in [1.165, 1.54) is 25.7 Å². The molecular weight excluding hydrogens is 261 g/mol. The van der Waals surface area contributed by atoms with Crippen molar-refractivity contribution in [3.8, 4) is 0 Å². The van der Waals surface area contributed by atoms with E-state index in [4.69, 9.17) is 11.6 Å². The molecule has 2 rings (SSSR count). The van der Waals surface area contributed by atoms with Gasteiger partial charge < -0.3 is 5.32 Å². The lowest BCUT2D eigenvalue weighted by Gasteiger charge is -2.15. The highest BCUT2D eigenvalue weighted by Gasteiger charge is 2.15. The predicted molar refractivity (Wildman–Crippen MR) is 65.0 cm³/mol. The van der Waals surface area contributed by atoms with Crippen LogP contribution in [-0.4, -0.2) is 6.04 Å². The lowest BCUT2D eigenvalue weighted by atomic mass is 10.2. The third kappa shape index (κ3) is 2.43. The van der Waals surface area contributed by atoms with Crippen molar-refractivity contribution in [2.45, 2.75) is 31.7 Å². The molecule has 0 bridgehead atoms. The summed E-state index contributed by atoms with van der Waals surface area (Å²) in [7, 11) is 0. The van der Waals surface area contributed by atoms with Crippen LogP contribution in [0.5, 0.6) is 0 Å². The summed E-state index contributed by atoms with van der Waals surface area (Å²) in [6.45, 7) is 0. The average Bonchev–Trinajstić information content (AvgIpc) is 2.64. The smallest absolute Gasteiger partial charge is 0.0501 e. The number of hydrogen-bond acceptors (Lipinski definition) is 1. The number of halogens is 2. The molecule has 1 saturated carbocycles. The Balaban J connectivity index is 2.10. The van der Waals surface area contributed by atoms with Gasteiger partial charge in [0.15, 0.2) is 0 Å². The first-order valence-electron chi connectivity index (χ1n) is 4.97. The minimum absolute atomic E-state index is 0.629. The van der Waals surface area contributed by atoms with Crippen LogP contribution in [0, 0.1) is 0 Å². The van der Waals surface area contributed by atoms with Crippen LogP contribution in [-0.2, 0) is 0 Å². The number of rotatable bonds is 2. The summed E-state index contributed by atoms with van der Waals surface area (Å²) in [5.41, 5.74) is 1.12. The van der Waals surface area contributed by atoms with Gasteiger partial charge in [-0.15, -0.1) is 0 Å². The van der Waals surface area contributed by atoms with E-state index in [9.17, 15) is 0 Å². The van der Waals surface area contributed by atoms with Crippen LogP contribution in [0.1, 0.15) is 25.7 Å². The van der Waals surface area contributed by atoms with E-state index in [0.717, 1.165) is 15.2 Å². The van der Waals surface area contributed by atoms with Gasteiger partial charge in [0, 0.05) is 15.5 Å². The molecule has 1 fully saturated rings. The highest BCUT2D eigenvalue weighted by Crippen LogP contribution is 2.29. The average molecular weight is 275 g/mol. The molecule has 1 aromatic carbocycles. The maximum Gasteiger partial charge on any atom is 0.0501 e. The summed E-state index contributed by atoms with van der Waals surface area (Å²) < 4.78 is 1.09. The number of nitrogens with one attached hydrogen (secondary N) is 1. The minimum atomic E-state index is 0.629. The number of hydrogen-bond donors (Lipinski definition) is 1. The second-order valence-corrected chi connectivity index (χ2v) is 5.04. The first kappa shape index (κ1) is 10.3. The monoisotopic (exact) mass is 273 g/mol. The zero-order chi connectivity index (χ0) is 9.97. The lowest BCUT2D eigenvalue weighted by molar-refractivity contribution is 0.755. The fraction of sp³-hybridized carbons (Fsp3) is 0.455. The third-order valence-electron chi connectivity index (χ3n) is 2.64. The Hall–Kier alpha value is -0.210. The zero-order valence-corrected chi connectivity index (χ0v) is 10.2. The first-order valence-corrected chi connectivity index (χ1v) is 6.14. The Kier molecular flexibility index (Phi) is 3.34. The molecule has 1 aromatic rings. The molecule has 76 valence electrons. The van der Waals surface area contributed by atoms with Crippen molar-refractivity contribution in [3.05, 3.63) is 27.7 Å². The van der Waals surface area contributed by atoms with E-state index in [1.807, 2.05) is 18.2 Å². The van der Waals surface area contributed by atoms with Crippen molar-refractivity contribution >= 4 is 33.2 Å². The van der Waals surface area contributed by atoms with Crippen LogP contribution in [0.4, 0.5) is 5.69 Å². The molecule has 1 nitrogen and oxygen atoms in total. The molecule has 3 heteroatoms. The van der Waals surface area contributed by atoms with Crippen molar-refractivity contribution < 1.29 is 0 Å². The van der Waals surface area contributed by atoms with Gasteiger partial charge in [0.2, 0.25) is 0 Å². The summed E-state index contributed by atoms with van der Waals surface area (Å²) >= 11 is 9.46. The van der Waals surface area contributed by atoms with Gasteiger partial charge in [-0.3, -0.25) is 0 Å². The molecule has 1 aliphatic rings. The largest absolute Gasteiger partial charge is 0.381 e. The molecule has 0 aromatic heterocycles. The van der Waals surface area contributed by atoms with Crippen LogP contribution in [0.3, 0.4) is 0 Å². The quantitative estimate of drug-likeness (QED) is 0.840. The maximum absolute atomic E-state index is 5.94. The SMILES string of the molecule is Clc1ccc(Br)c(NC2CCCC2)c1. The molecule has 0 amide bonds. The molecule has 0 aliphatic heterocycles. The summed E-state index contributed by atoms with van der Waals surface area (Å²) in [4.78, 5) is 0. The van der Waals surface area contributed by atoms with E-state index >= 15 is 0 Å². The Morgan fingerprint density at radius 1 is 1.29 bits per heavy atom. The lowest BCUT2D eigenvalue weighted by Crippen LogP contribution is -2.14. The molecule has 0 radical (unpaired) electrons. The van der Waals surface area contributed by atoms with Gasteiger partial charge in [0.1, 0.15) is 0 Å². The van der Waals surface area contributed by atoms with Gasteiger partial charge in [-0.25, -0.2) is 0 Å². The Morgan fingerprint density at radius 2 is 2.00 bits per heavy atom. The van der Waals surface area contributed by atoms with Crippen molar-refractivity contribution in [2.24, 2.45) is 0 Å². The van der Waals surface area contributed by atoms with E-state index in [0.29, 0.717) is 6.04 Å². The van der Waals surface area contributed by atoms with Gasteiger partial charge in [-0.1, -0.05) is 24.4 Å². The number of anilines is 1. The molecule has 1 aliphatic carbocycles. The maximum atomic E-state index is 5.94. The van der Waals surface area contributed by atoms with Crippen LogP contribution in [0.15, 0.2) is 22.7 Å². The first-order chi connectivity index (χ1) is 6.75. The summed E-state index contributed by atoms with van der Waals surface area (Å²) in [6, 6.07) is 6.49. The minimum Gasteiger partial charge on any atom is -0.381 e. The summed E-state index contributed by atoms with van der Waals surface area (Å²) in [5.74, 6) is 0. The van der Waals surface area contributed by atoms with Crippen LogP contribution in [0.2, 0.25) is 5.02 Å². The highest BCUT2D eigenvalue weighted by molar-refractivity contribution is 9.10. The molecular formula is C11H13BrClN. The van der Waals surface area contributed by atoms with Gasteiger partial charge in [-0.05, 0) is 47.0 Å². The van der Waals surface area contributed by atoms with Gasteiger partial charge >= 0.3 is 0 Å². The van der Waals surface area contributed by atoms with E-state index in [1.54, 1.807) is 0 Å². The normalized spacial score (nSPS) is 17.3. The second-order valence-electron chi connectivity index (χ2n) is 3.75. The van der Waals surface area contributed by atoms with Gasteiger partial charge in [0.05, 0.1) is 5.69 Å². The summed E-state index contributed by atoms with van der Waals surface area (Å²) in [6.07, 6.45) is 5.24. The molecule has 0 spiro atoms. The van der Waals surface area contributed by atoms with E-state index in [-0.39, 0.29) is 0 Å². The van der Waals surface area contributed by atoms with Crippen LogP contribution in [0.25, 0.3) is 0 Å². The van der Waals surface area contributed by atoms with Crippen molar-refractivity contribution in [1.29, 1.82) is 0 Å².